The van der Waals surface area contributed by atoms with Crippen LogP contribution in [0.3, 0.4) is 0 Å². The highest BCUT2D eigenvalue weighted by atomic mass is 79.9. The van der Waals surface area contributed by atoms with Gasteiger partial charge in [0.05, 0.1) is 19.3 Å². The first-order valence-corrected chi connectivity index (χ1v) is 9.77. The minimum absolute atomic E-state index is 0.0393. The van der Waals surface area contributed by atoms with Gasteiger partial charge in [0.2, 0.25) is 0 Å². The highest BCUT2D eigenvalue weighted by molar-refractivity contribution is 9.10. The van der Waals surface area contributed by atoms with Crippen LogP contribution in [0.5, 0.6) is 0 Å². The first-order valence-electron chi connectivity index (χ1n) is 8.98. The van der Waals surface area contributed by atoms with E-state index in [1.807, 2.05) is 31.2 Å². The molecule has 1 aliphatic carbocycles. The molecule has 2 aliphatic rings. The lowest BCUT2D eigenvalue weighted by atomic mass is 10.1. The molecule has 1 aromatic carbocycles. The summed E-state index contributed by atoms with van der Waals surface area (Å²) < 4.78 is 8.88. The van der Waals surface area contributed by atoms with E-state index in [9.17, 15) is 0 Å². The van der Waals surface area contributed by atoms with Gasteiger partial charge in [-0.15, -0.1) is 0 Å². The molecule has 4 rings (SSSR count). The Labute approximate surface area is 162 Å². The molecule has 2 heterocycles. The first kappa shape index (κ1) is 17.5. The van der Waals surface area contributed by atoms with Crippen molar-refractivity contribution in [1.29, 1.82) is 0 Å². The first-order chi connectivity index (χ1) is 12.6. The molecule has 7 heteroatoms. The number of morpholine rings is 1. The van der Waals surface area contributed by atoms with Crippen molar-refractivity contribution in [2.75, 3.05) is 26.7 Å². The van der Waals surface area contributed by atoms with Crippen molar-refractivity contribution in [3.8, 4) is 0 Å². The smallest absolute Gasteiger partial charge is 0.194 e. The van der Waals surface area contributed by atoms with E-state index in [1.165, 1.54) is 5.56 Å². The highest BCUT2D eigenvalue weighted by Crippen LogP contribution is 2.41. The quantitative estimate of drug-likeness (QED) is 0.615. The molecule has 1 aliphatic heterocycles. The Morgan fingerprint density at radius 2 is 2.12 bits per heavy atom. The normalized spacial score (nSPS) is 26.0. The predicted octanol–water partition coefficient (Wildman–Crippen LogP) is 2.69. The van der Waals surface area contributed by atoms with Gasteiger partial charge in [0, 0.05) is 48.8 Å². The molecule has 0 spiro atoms. The lowest BCUT2D eigenvalue weighted by Gasteiger charge is -2.34. The number of aryl methyl sites for hydroxylation is 1. The molecular weight excluding hydrogens is 394 g/mol. The Hall–Kier alpha value is -1.86. The minimum atomic E-state index is 0.0393. The fourth-order valence-electron chi connectivity index (χ4n) is 3.55. The SMILES string of the molecule is CN=C(NC1CC1c1ccc(Br)cc1)N1CCOC(c2cnn(C)c2)C1. The standard InChI is InChI=1S/C19H24BrN5O/c1-21-19(23-17-9-16(17)13-3-5-15(20)6-4-13)25-7-8-26-18(12-25)14-10-22-24(2)11-14/h3-6,10-11,16-18H,7-9,12H2,1-2H3,(H,21,23). The van der Waals surface area contributed by atoms with Crippen LogP contribution in [0.2, 0.25) is 0 Å². The second-order valence-corrected chi connectivity index (χ2v) is 7.86. The zero-order chi connectivity index (χ0) is 18.1. The number of aliphatic imine (C=N–C) groups is 1. The zero-order valence-corrected chi connectivity index (χ0v) is 16.7. The van der Waals surface area contributed by atoms with Crippen molar-refractivity contribution in [3.05, 3.63) is 52.3 Å². The van der Waals surface area contributed by atoms with Gasteiger partial charge >= 0.3 is 0 Å². The van der Waals surface area contributed by atoms with E-state index in [2.05, 4.69) is 60.5 Å². The minimum Gasteiger partial charge on any atom is -0.370 e. The number of rotatable bonds is 3. The third kappa shape index (κ3) is 3.78. The van der Waals surface area contributed by atoms with Gasteiger partial charge in [-0.05, 0) is 24.1 Å². The topological polar surface area (TPSA) is 54.7 Å². The largest absolute Gasteiger partial charge is 0.370 e. The molecule has 0 bridgehead atoms. The van der Waals surface area contributed by atoms with Crippen LogP contribution in [0, 0.1) is 0 Å². The Bertz CT molecular complexity index is 787. The number of halogens is 1. The van der Waals surface area contributed by atoms with Crippen LogP contribution in [0.1, 0.15) is 29.6 Å². The van der Waals surface area contributed by atoms with E-state index in [4.69, 9.17) is 4.74 Å². The second-order valence-electron chi connectivity index (χ2n) is 6.94. The highest BCUT2D eigenvalue weighted by Gasteiger charge is 2.40. The molecule has 138 valence electrons. The maximum atomic E-state index is 5.94. The number of nitrogens with one attached hydrogen (secondary N) is 1. The molecule has 6 nitrogen and oxygen atoms in total. The molecule has 26 heavy (non-hydrogen) atoms. The van der Waals surface area contributed by atoms with Crippen LogP contribution >= 0.6 is 15.9 Å². The van der Waals surface area contributed by atoms with Crippen LogP contribution in [-0.2, 0) is 11.8 Å². The molecule has 1 N–H and O–H groups in total. The van der Waals surface area contributed by atoms with Gasteiger partial charge in [0.25, 0.3) is 0 Å². The van der Waals surface area contributed by atoms with Gasteiger partial charge < -0.3 is 15.0 Å². The summed E-state index contributed by atoms with van der Waals surface area (Å²) in [4.78, 5) is 6.80. The predicted molar refractivity (Wildman–Crippen MR) is 105 cm³/mol. The lowest BCUT2D eigenvalue weighted by Crippen LogP contribution is -2.48. The van der Waals surface area contributed by atoms with Crippen molar-refractivity contribution < 1.29 is 4.74 Å². The Kier molecular flexibility index (Phi) is 5.00. The summed E-state index contributed by atoms with van der Waals surface area (Å²) in [6.45, 7) is 2.34. The maximum absolute atomic E-state index is 5.94. The molecule has 3 atom stereocenters. The maximum Gasteiger partial charge on any atom is 0.194 e. The molecule has 1 aromatic heterocycles. The van der Waals surface area contributed by atoms with Crippen molar-refractivity contribution in [1.82, 2.24) is 20.0 Å². The molecule has 1 saturated heterocycles. The van der Waals surface area contributed by atoms with Crippen LogP contribution in [0.4, 0.5) is 0 Å². The number of guanidine groups is 1. The third-order valence-corrected chi connectivity index (χ3v) is 5.61. The molecule has 0 radical (unpaired) electrons. The van der Waals surface area contributed by atoms with E-state index in [1.54, 1.807) is 0 Å². The Morgan fingerprint density at radius 1 is 1.31 bits per heavy atom. The molecular formula is C19H24BrN5O. The zero-order valence-electron chi connectivity index (χ0n) is 15.1. The van der Waals surface area contributed by atoms with Crippen LogP contribution < -0.4 is 5.32 Å². The fourth-order valence-corrected chi connectivity index (χ4v) is 3.81. The van der Waals surface area contributed by atoms with Crippen LogP contribution in [0.25, 0.3) is 0 Å². The van der Waals surface area contributed by atoms with Gasteiger partial charge in [-0.25, -0.2) is 0 Å². The van der Waals surface area contributed by atoms with Crippen molar-refractivity contribution >= 4 is 21.9 Å². The molecule has 0 amide bonds. The van der Waals surface area contributed by atoms with Crippen LogP contribution in [-0.4, -0.2) is 53.4 Å². The average molecular weight is 418 g/mol. The van der Waals surface area contributed by atoms with E-state index in [-0.39, 0.29) is 6.10 Å². The van der Waals surface area contributed by atoms with Gasteiger partial charge in [-0.2, -0.15) is 5.10 Å². The summed E-state index contributed by atoms with van der Waals surface area (Å²) in [5, 5.41) is 7.90. The Balaban J connectivity index is 1.38. The summed E-state index contributed by atoms with van der Waals surface area (Å²) in [6.07, 6.45) is 5.10. The summed E-state index contributed by atoms with van der Waals surface area (Å²) in [5.41, 5.74) is 2.50. The third-order valence-electron chi connectivity index (χ3n) is 5.08. The second kappa shape index (κ2) is 7.40. The van der Waals surface area contributed by atoms with Crippen molar-refractivity contribution in [3.63, 3.8) is 0 Å². The van der Waals surface area contributed by atoms with E-state index in [0.29, 0.717) is 18.6 Å². The van der Waals surface area contributed by atoms with Crippen molar-refractivity contribution in [2.24, 2.45) is 12.0 Å². The lowest BCUT2D eigenvalue weighted by molar-refractivity contribution is -0.00806. The van der Waals surface area contributed by atoms with E-state index in [0.717, 1.165) is 35.5 Å². The number of aromatic nitrogens is 2. The van der Waals surface area contributed by atoms with Crippen LogP contribution in [0.15, 0.2) is 46.1 Å². The number of ether oxygens (including phenoxy) is 1. The van der Waals surface area contributed by atoms with E-state index < -0.39 is 0 Å². The van der Waals surface area contributed by atoms with Crippen molar-refractivity contribution in [2.45, 2.75) is 24.5 Å². The molecule has 1 saturated carbocycles. The summed E-state index contributed by atoms with van der Waals surface area (Å²) >= 11 is 3.50. The average Bonchev–Trinajstić information content (AvgIpc) is 3.29. The number of nitrogens with zero attached hydrogens (tertiary/aromatic N) is 4. The van der Waals surface area contributed by atoms with Gasteiger partial charge in [0.15, 0.2) is 5.96 Å². The van der Waals surface area contributed by atoms with Gasteiger partial charge in [-0.3, -0.25) is 9.67 Å². The number of hydrogen-bond donors (Lipinski definition) is 1. The monoisotopic (exact) mass is 417 g/mol. The number of hydrogen-bond acceptors (Lipinski definition) is 3. The number of benzene rings is 1. The fraction of sp³-hybridized carbons (Fsp3) is 0.474. The Morgan fingerprint density at radius 3 is 2.81 bits per heavy atom. The van der Waals surface area contributed by atoms with Gasteiger partial charge in [-0.1, -0.05) is 28.1 Å². The molecule has 2 fully saturated rings. The molecule has 3 unspecified atom stereocenters. The van der Waals surface area contributed by atoms with Gasteiger partial charge in [0.1, 0.15) is 6.10 Å². The summed E-state index contributed by atoms with van der Waals surface area (Å²) in [6, 6.07) is 9.08. The summed E-state index contributed by atoms with van der Waals surface area (Å²) in [7, 11) is 3.79. The van der Waals surface area contributed by atoms with E-state index >= 15 is 0 Å². The summed E-state index contributed by atoms with van der Waals surface area (Å²) in [5.74, 6) is 1.53. The molecule has 2 aromatic rings.